The van der Waals surface area contributed by atoms with Gasteiger partial charge in [-0.3, -0.25) is 4.79 Å². The van der Waals surface area contributed by atoms with E-state index in [9.17, 15) is 18.4 Å². The average molecular weight is 323 g/mol. The van der Waals surface area contributed by atoms with Gasteiger partial charge in [-0.05, 0) is 18.1 Å². The summed E-state index contributed by atoms with van der Waals surface area (Å²) >= 11 is 0. The lowest BCUT2D eigenvalue weighted by Gasteiger charge is -2.17. The molecule has 23 heavy (non-hydrogen) atoms. The Balaban J connectivity index is 2.93. The molecule has 0 radical (unpaired) electrons. The highest BCUT2D eigenvalue weighted by atomic mass is 19.1. The van der Waals surface area contributed by atoms with Gasteiger partial charge >= 0.3 is 5.97 Å². The minimum Gasteiger partial charge on any atom is -0.480 e. The van der Waals surface area contributed by atoms with Crippen molar-refractivity contribution in [2.45, 2.75) is 19.9 Å². The molecule has 3 N–H and O–H groups in total. The van der Waals surface area contributed by atoms with Crippen molar-refractivity contribution >= 4 is 17.6 Å². The molecule has 0 aliphatic rings. The number of benzene rings is 1. The zero-order chi connectivity index (χ0) is 17.6. The van der Waals surface area contributed by atoms with Crippen molar-refractivity contribution in [1.29, 1.82) is 5.26 Å². The summed E-state index contributed by atoms with van der Waals surface area (Å²) in [5.74, 6) is -4.42. The fourth-order valence-corrected chi connectivity index (χ4v) is 1.66. The van der Waals surface area contributed by atoms with Crippen molar-refractivity contribution < 1.29 is 23.5 Å². The molecule has 1 aromatic carbocycles. The summed E-state index contributed by atoms with van der Waals surface area (Å²) in [5.41, 5.74) is -1.04. The molecule has 8 heteroatoms. The molecule has 0 saturated carbocycles. The quantitative estimate of drug-likeness (QED) is 0.549. The summed E-state index contributed by atoms with van der Waals surface area (Å²) in [4.78, 5) is 22.9. The van der Waals surface area contributed by atoms with Crippen molar-refractivity contribution in [1.82, 2.24) is 5.32 Å². The number of carboxylic acids is 1. The minimum atomic E-state index is -1.25. The number of carbonyl (C=O) groups excluding carboxylic acids is 1. The van der Waals surface area contributed by atoms with Crippen LogP contribution in [0.3, 0.4) is 0 Å². The lowest BCUT2D eigenvalue weighted by molar-refractivity contribution is -0.142. The maximum absolute atomic E-state index is 13.4. The third kappa shape index (κ3) is 4.78. The standard InChI is InChI=1S/C15H15F2N3O3/c1-8(2)12(15(22)23)20-14(21)9(6-18)7-19-13-10(16)4-3-5-11(13)17/h3-5,7-8,12,19H,1-2H3,(H,20,21)(H,22,23)/b9-7-. The van der Waals surface area contributed by atoms with E-state index in [4.69, 9.17) is 10.4 Å². The van der Waals surface area contributed by atoms with E-state index in [0.717, 1.165) is 24.4 Å². The maximum Gasteiger partial charge on any atom is 0.326 e. The first-order valence-electron chi connectivity index (χ1n) is 6.62. The third-order valence-corrected chi connectivity index (χ3v) is 2.91. The van der Waals surface area contributed by atoms with Gasteiger partial charge in [-0.25, -0.2) is 13.6 Å². The van der Waals surface area contributed by atoms with Gasteiger partial charge in [0.1, 0.15) is 35.0 Å². The van der Waals surface area contributed by atoms with Crippen molar-refractivity contribution in [3.8, 4) is 6.07 Å². The van der Waals surface area contributed by atoms with Crippen molar-refractivity contribution in [2.24, 2.45) is 5.92 Å². The van der Waals surface area contributed by atoms with Gasteiger partial charge in [-0.1, -0.05) is 19.9 Å². The molecule has 1 amide bonds. The Kier molecular flexibility index (Phi) is 6.21. The lowest BCUT2D eigenvalue weighted by Crippen LogP contribution is -2.44. The Morgan fingerprint density at radius 2 is 1.87 bits per heavy atom. The SMILES string of the molecule is CC(C)C(NC(=O)/C(C#N)=C\Nc1c(F)cccc1F)C(=O)O. The second-order valence-corrected chi connectivity index (χ2v) is 4.94. The van der Waals surface area contributed by atoms with Gasteiger partial charge in [0.05, 0.1) is 0 Å². The van der Waals surface area contributed by atoms with Gasteiger partial charge in [0.2, 0.25) is 0 Å². The third-order valence-electron chi connectivity index (χ3n) is 2.91. The molecule has 122 valence electrons. The second-order valence-electron chi connectivity index (χ2n) is 4.94. The van der Waals surface area contributed by atoms with Gasteiger partial charge in [-0.2, -0.15) is 5.26 Å². The monoisotopic (exact) mass is 323 g/mol. The normalized spacial score (nSPS) is 12.4. The van der Waals surface area contributed by atoms with Crippen LogP contribution in [-0.2, 0) is 9.59 Å². The van der Waals surface area contributed by atoms with Gasteiger partial charge in [0, 0.05) is 6.20 Å². The highest BCUT2D eigenvalue weighted by Gasteiger charge is 2.25. The largest absolute Gasteiger partial charge is 0.480 e. The number of carboxylic acid groups (broad SMARTS) is 1. The molecule has 1 rings (SSSR count). The fraction of sp³-hybridized carbons (Fsp3) is 0.267. The molecule has 1 unspecified atom stereocenters. The average Bonchev–Trinajstić information content (AvgIpc) is 2.47. The van der Waals surface area contributed by atoms with Gasteiger partial charge in [-0.15, -0.1) is 0 Å². The molecule has 1 aromatic rings. The van der Waals surface area contributed by atoms with E-state index in [1.54, 1.807) is 19.9 Å². The lowest BCUT2D eigenvalue weighted by atomic mass is 10.0. The number of amides is 1. The van der Waals surface area contributed by atoms with Crippen molar-refractivity contribution in [3.05, 3.63) is 41.6 Å². The van der Waals surface area contributed by atoms with Crippen LogP contribution in [0.15, 0.2) is 30.0 Å². The van der Waals surface area contributed by atoms with E-state index in [-0.39, 0.29) is 0 Å². The number of para-hydroxylation sites is 1. The van der Waals surface area contributed by atoms with E-state index in [0.29, 0.717) is 0 Å². The highest BCUT2D eigenvalue weighted by Crippen LogP contribution is 2.18. The first kappa shape index (κ1) is 18.1. The Bertz CT molecular complexity index is 661. The molecule has 0 aromatic heterocycles. The summed E-state index contributed by atoms with van der Waals surface area (Å²) in [6.45, 7) is 3.17. The summed E-state index contributed by atoms with van der Waals surface area (Å²) in [5, 5.41) is 22.3. The van der Waals surface area contributed by atoms with Gasteiger partial charge in [0.25, 0.3) is 5.91 Å². The van der Waals surface area contributed by atoms with Crippen LogP contribution < -0.4 is 10.6 Å². The number of nitrogens with zero attached hydrogens (tertiary/aromatic N) is 1. The molecule has 0 bridgehead atoms. The van der Waals surface area contributed by atoms with Crippen LogP contribution in [0.25, 0.3) is 0 Å². The highest BCUT2D eigenvalue weighted by molar-refractivity contribution is 5.99. The van der Waals surface area contributed by atoms with Crippen LogP contribution in [0, 0.1) is 28.9 Å². The maximum atomic E-state index is 13.4. The van der Waals surface area contributed by atoms with E-state index >= 15 is 0 Å². The first-order chi connectivity index (χ1) is 10.8. The number of nitrogens with one attached hydrogen (secondary N) is 2. The number of aliphatic carboxylic acids is 1. The zero-order valence-corrected chi connectivity index (χ0v) is 12.4. The number of hydrogen-bond donors (Lipinski definition) is 3. The molecular weight excluding hydrogens is 308 g/mol. The molecule has 0 spiro atoms. The second kappa shape index (κ2) is 7.89. The van der Waals surface area contributed by atoms with Crippen LogP contribution in [0.2, 0.25) is 0 Å². The number of halogens is 2. The fourth-order valence-electron chi connectivity index (χ4n) is 1.66. The Morgan fingerprint density at radius 1 is 1.30 bits per heavy atom. The molecule has 0 aliphatic carbocycles. The van der Waals surface area contributed by atoms with Crippen LogP contribution in [0.4, 0.5) is 14.5 Å². The Hall–Kier alpha value is -2.95. The Morgan fingerprint density at radius 3 is 2.30 bits per heavy atom. The smallest absolute Gasteiger partial charge is 0.326 e. The van der Waals surface area contributed by atoms with Gasteiger partial charge < -0.3 is 15.7 Å². The number of anilines is 1. The molecule has 1 atom stereocenters. The minimum absolute atomic E-state index is 0.409. The van der Waals surface area contributed by atoms with Crippen molar-refractivity contribution in [2.75, 3.05) is 5.32 Å². The van der Waals surface area contributed by atoms with Crippen LogP contribution in [0.5, 0.6) is 0 Å². The van der Waals surface area contributed by atoms with E-state index in [2.05, 4.69) is 10.6 Å². The summed E-state index contributed by atoms with van der Waals surface area (Å²) in [6.07, 6.45) is 0.816. The number of rotatable bonds is 6. The van der Waals surface area contributed by atoms with E-state index in [1.165, 1.54) is 0 Å². The van der Waals surface area contributed by atoms with Crippen LogP contribution in [0.1, 0.15) is 13.8 Å². The first-order valence-corrected chi connectivity index (χ1v) is 6.62. The van der Waals surface area contributed by atoms with Gasteiger partial charge in [0.15, 0.2) is 0 Å². The Labute approximate surface area is 131 Å². The molecule has 0 fully saturated rings. The van der Waals surface area contributed by atoms with Crippen LogP contribution in [-0.4, -0.2) is 23.0 Å². The molecular formula is C15H15F2N3O3. The van der Waals surface area contributed by atoms with E-state index in [1.807, 2.05) is 0 Å². The molecule has 6 nitrogen and oxygen atoms in total. The number of carbonyl (C=O) groups is 2. The topological polar surface area (TPSA) is 102 Å². The molecule has 0 aliphatic heterocycles. The molecule has 0 heterocycles. The van der Waals surface area contributed by atoms with E-state index < -0.39 is 46.7 Å². The zero-order valence-electron chi connectivity index (χ0n) is 12.4. The number of hydrogen-bond acceptors (Lipinski definition) is 4. The summed E-state index contributed by atoms with van der Waals surface area (Å²) in [6, 6.07) is 3.53. The summed E-state index contributed by atoms with van der Waals surface area (Å²) < 4.78 is 26.9. The summed E-state index contributed by atoms with van der Waals surface area (Å²) in [7, 11) is 0. The predicted octanol–water partition coefficient (Wildman–Crippen LogP) is 2.01. The predicted molar refractivity (Wildman–Crippen MR) is 78.1 cm³/mol. The number of nitriles is 1. The molecule has 0 saturated heterocycles. The van der Waals surface area contributed by atoms with Crippen LogP contribution >= 0.6 is 0 Å². The van der Waals surface area contributed by atoms with Crippen molar-refractivity contribution in [3.63, 3.8) is 0 Å².